The molecule has 1 aromatic carbocycles. The summed E-state index contributed by atoms with van der Waals surface area (Å²) in [5.74, 6) is 1.65. The minimum atomic E-state index is -0.140. The molecule has 0 aliphatic heterocycles. The van der Waals surface area contributed by atoms with Gasteiger partial charge < -0.3 is 14.9 Å². The molecule has 0 fully saturated rings. The number of hydrogen-bond acceptors (Lipinski definition) is 4. The summed E-state index contributed by atoms with van der Waals surface area (Å²) in [4.78, 5) is 23.9. The minimum Gasteiger partial charge on any atom is -0.362 e. The van der Waals surface area contributed by atoms with Crippen molar-refractivity contribution in [3.63, 3.8) is 0 Å². The second kappa shape index (κ2) is 5.76. The summed E-state index contributed by atoms with van der Waals surface area (Å²) in [5.41, 5.74) is 0.519. The molecular formula is C17H14BrN5O. The Morgan fingerprint density at radius 2 is 2.17 bits per heavy atom. The fourth-order valence-corrected chi connectivity index (χ4v) is 3.16. The number of halogens is 1. The van der Waals surface area contributed by atoms with E-state index in [1.165, 1.54) is 0 Å². The summed E-state index contributed by atoms with van der Waals surface area (Å²) in [6, 6.07) is 7.65. The largest absolute Gasteiger partial charge is 0.362 e. The monoisotopic (exact) mass is 383 g/mol. The highest BCUT2D eigenvalue weighted by Gasteiger charge is 2.12. The van der Waals surface area contributed by atoms with Crippen LogP contribution in [0.3, 0.4) is 0 Å². The van der Waals surface area contributed by atoms with Crippen molar-refractivity contribution in [2.45, 2.75) is 6.54 Å². The Balaban J connectivity index is 1.91. The molecule has 24 heavy (non-hydrogen) atoms. The van der Waals surface area contributed by atoms with E-state index in [2.05, 4.69) is 36.2 Å². The number of aromatic nitrogens is 4. The van der Waals surface area contributed by atoms with Crippen LogP contribution in [0.15, 0.2) is 52.1 Å². The normalized spacial score (nSPS) is 11.2. The Morgan fingerprint density at radius 1 is 1.29 bits per heavy atom. The first-order chi connectivity index (χ1) is 11.6. The summed E-state index contributed by atoms with van der Waals surface area (Å²) >= 11 is 3.48. The first-order valence-corrected chi connectivity index (χ1v) is 8.23. The van der Waals surface area contributed by atoms with Gasteiger partial charge in [0.15, 0.2) is 0 Å². The van der Waals surface area contributed by atoms with Crippen LogP contribution in [-0.2, 0) is 13.6 Å². The molecule has 6 nitrogen and oxygen atoms in total. The molecule has 4 aromatic rings. The van der Waals surface area contributed by atoms with Crippen LogP contribution in [0.4, 0.5) is 5.82 Å². The van der Waals surface area contributed by atoms with Gasteiger partial charge in [0, 0.05) is 40.9 Å². The van der Waals surface area contributed by atoms with Crippen LogP contribution in [-0.4, -0.2) is 19.5 Å². The van der Waals surface area contributed by atoms with E-state index in [9.17, 15) is 4.79 Å². The lowest BCUT2D eigenvalue weighted by Crippen LogP contribution is -2.10. The van der Waals surface area contributed by atoms with Gasteiger partial charge >= 0.3 is 0 Å². The number of H-pyrrole nitrogens is 1. The lowest BCUT2D eigenvalue weighted by molar-refractivity contribution is 0.812. The number of nitrogens with zero attached hydrogens (tertiary/aromatic N) is 3. The molecule has 0 aliphatic carbocycles. The number of pyridine rings is 2. The number of aryl methyl sites for hydroxylation is 1. The highest BCUT2D eigenvalue weighted by molar-refractivity contribution is 9.10. The zero-order valence-corrected chi connectivity index (χ0v) is 14.5. The zero-order valence-electron chi connectivity index (χ0n) is 12.9. The van der Waals surface area contributed by atoms with Gasteiger partial charge in [-0.25, -0.2) is 9.97 Å². The van der Waals surface area contributed by atoms with Gasteiger partial charge in [-0.05, 0) is 24.3 Å². The number of fused-ring (bicyclic) bond motifs is 3. The maximum Gasteiger partial charge on any atom is 0.258 e. The molecule has 120 valence electrons. The van der Waals surface area contributed by atoms with Crippen molar-refractivity contribution >= 4 is 43.4 Å². The van der Waals surface area contributed by atoms with Crippen LogP contribution in [0.25, 0.3) is 21.7 Å². The molecule has 0 amide bonds. The van der Waals surface area contributed by atoms with Crippen molar-refractivity contribution in [3.8, 4) is 0 Å². The molecule has 0 unspecified atom stereocenters. The third kappa shape index (κ3) is 2.46. The summed E-state index contributed by atoms with van der Waals surface area (Å²) in [6.45, 7) is 0.552. The molecular weight excluding hydrogens is 370 g/mol. The first kappa shape index (κ1) is 14.9. The van der Waals surface area contributed by atoms with Crippen LogP contribution < -0.4 is 10.9 Å². The molecule has 0 saturated carbocycles. The van der Waals surface area contributed by atoms with Crippen molar-refractivity contribution < 1.29 is 0 Å². The Bertz CT molecular complexity index is 1120. The van der Waals surface area contributed by atoms with Crippen LogP contribution in [0, 0.1) is 0 Å². The summed E-state index contributed by atoms with van der Waals surface area (Å²) < 4.78 is 2.87. The van der Waals surface area contributed by atoms with E-state index in [1.807, 2.05) is 42.1 Å². The van der Waals surface area contributed by atoms with Crippen molar-refractivity contribution in [2.24, 2.45) is 7.05 Å². The summed E-state index contributed by atoms with van der Waals surface area (Å²) in [6.07, 6.45) is 5.28. The Hall–Kier alpha value is -2.67. The Kier molecular flexibility index (Phi) is 3.57. The van der Waals surface area contributed by atoms with Crippen LogP contribution in [0.2, 0.25) is 0 Å². The van der Waals surface area contributed by atoms with E-state index >= 15 is 0 Å². The van der Waals surface area contributed by atoms with E-state index in [0.29, 0.717) is 17.4 Å². The second-order valence-electron chi connectivity index (χ2n) is 5.53. The predicted octanol–water partition coefficient (Wildman–Crippen LogP) is 3.18. The van der Waals surface area contributed by atoms with Gasteiger partial charge in [-0.15, -0.1) is 0 Å². The topological polar surface area (TPSA) is 75.6 Å². The standard InChI is InChI=1S/C17H14BrN5O/c1-23-7-6-19-14(23)9-21-16-11-3-2-10(18)8-12(11)15-13(22-16)4-5-20-17(15)24/h2-8H,9H2,1H3,(H,20,24)(H,21,22). The number of nitrogens with one attached hydrogen (secondary N) is 2. The van der Waals surface area contributed by atoms with Gasteiger partial charge in [0.2, 0.25) is 0 Å². The van der Waals surface area contributed by atoms with Gasteiger partial charge in [0.05, 0.1) is 17.4 Å². The number of rotatable bonds is 3. The van der Waals surface area contributed by atoms with Crippen LogP contribution in [0.1, 0.15) is 5.82 Å². The average molecular weight is 384 g/mol. The maximum absolute atomic E-state index is 12.3. The Morgan fingerprint density at radius 3 is 2.96 bits per heavy atom. The lowest BCUT2D eigenvalue weighted by Gasteiger charge is -2.11. The van der Waals surface area contributed by atoms with Crippen molar-refractivity contribution in [3.05, 3.63) is 63.5 Å². The van der Waals surface area contributed by atoms with Gasteiger partial charge in [-0.2, -0.15) is 0 Å². The van der Waals surface area contributed by atoms with Crippen molar-refractivity contribution in [2.75, 3.05) is 5.32 Å². The van der Waals surface area contributed by atoms with Gasteiger partial charge in [-0.3, -0.25) is 4.79 Å². The average Bonchev–Trinajstić information content (AvgIpc) is 2.97. The number of anilines is 1. The smallest absolute Gasteiger partial charge is 0.258 e. The molecule has 2 N–H and O–H groups in total. The third-order valence-electron chi connectivity index (χ3n) is 4.01. The molecule has 0 saturated heterocycles. The SMILES string of the molecule is Cn1ccnc1CNc1nc2cc[nH]c(=O)c2c2cc(Br)ccc12. The third-order valence-corrected chi connectivity index (χ3v) is 4.51. The number of benzene rings is 1. The summed E-state index contributed by atoms with van der Waals surface area (Å²) in [7, 11) is 1.95. The molecule has 3 heterocycles. The molecule has 0 radical (unpaired) electrons. The van der Waals surface area contributed by atoms with E-state index in [4.69, 9.17) is 0 Å². The fourth-order valence-electron chi connectivity index (χ4n) is 2.80. The van der Waals surface area contributed by atoms with Gasteiger partial charge in [-0.1, -0.05) is 15.9 Å². The van der Waals surface area contributed by atoms with E-state index in [0.717, 1.165) is 26.9 Å². The lowest BCUT2D eigenvalue weighted by atomic mass is 10.1. The van der Waals surface area contributed by atoms with Crippen molar-refractivity contribution in [1.82, 2.24) is 19.5 Å². The number of aromatic amines is 1. The maximum atomic E-state index is 12.3. The van der Waals surface area contributed by atoms with Gasteiger partial charge in [0.1, 0.15) is 11.6 Å². The molecule has 7 heteroatoms. The van der Waals surface area contributed by atoms with Gasteiger partial charge in [0.25, 0.3) is 5.56 Å². The Labute approximate surface area is 145 Å². The molecule has 0 bridgehead atoms. The molecule has 0 atom stereocenters. The van der Waals surface area contributed by atoms with Crippen LogP contribution >= 0.6 is 15.9 Å². The second-order valence-corrected chi connectivity index (χ2v) is 6.44. The molecule has 3 aromatic heterocycles. The van der Waals surface area contributed by atoms with Crippen molar-refractivity contribution in [1.29, 1.82) is 0 Å². The molecule has 0 aliphatic rings. The fraction of sp³-hybridized carbons (Fsp3) is 0.118. The molecule has 4 rings (SSSR count). The molecule has 0 spiro atoms. The van der Waals surface area contributed by atoms with Crippen LogP contribution in [0.5, 0.6) is 0 Å². The van der Waals surface area contributed by atoms with E-state index in [1.54, 1.807) is 12.4 Å². The van der Waals surface area contributed by atoms with E-state index < -0.39 is 0 Å². The predicted molar refractivity (Wildman–Crippen MR) is 98.1 cm³/mol. The number of hydrogen-bond donors (Lipinski definition) is 2. The highest BCUT2D eigenvalue weighted by atomic mass is 79.9. The van der Waals surface area contributed by atoms with E-state index in [-0.39, 0.29) is 5.56 Å². The first-order valence-electron chi connectivity index (χ1n) is 7.44. The quantitative estimate of drug-likeness (QED) is 0.532. The summed E-state index contributed by atoms with van der Waals surface area (Å²) in [5, 5.41) is 5.69. The zero-order chi connectivity index (χ0) is 16.7. The number of imidazole rings is 1. The minimum absolute atomic E-state index is 0.140. The highest BCUT2D eigenvalue weighted by Crippen LogP contribution is 2.29.